The number of rotatable bonds is 18. The van der Waals surface area contributed by atoms with E-state index in [1.165, 1.54) is 14.2 Å². The molecule has 2 heterocycles. The summed E-state index contributed by atoms with van der Waals surface area (Å²) in [5, 5.41) is 16.9. The summed E-state index contributed by atoms with van der Waals surface area (Å²) in [6.07, 6.45) is 3.89. The fraction of sp³-hybridized carbons (Fsp3) is 0.413. The standard InChI is InChI=1S/C46H57N9O6/c1-9-10-19-54(43(56)41(28(2)3)52-45(58)60-7)26-39-49-24-38(51-39)36-18-17-34-20-33(15-16-35(34)21-36)31-11-13-32(14-12-31)37-23-48-40(50-37)27-55(25-30(6)22-47)44(57)42(29(4)5)53-46(59)61-8/h11-18,20-21,23-24,28-30,41-42H,9-10,19,25-27H2,1-8H3,(H,48,50)(H,49,51)(H,52,58)(H,53,59)/t30-,41?,42-/m0/s1. The third kappa shape index (κ3) is 11.7. The highest BCUT2D eigenvalue weighted by molar-refractivity contribution is 5.91. The molecule has 322 valence electrons. The number of methoxy groups -OCH3 is 2. The van der Waals surface area contributed by atoms with Crippen LogP contribution in [0.2, 0.25) is 0 Å². The maximum atomic E-state index is 13.6. The highest BCUT2D eigenvalue weighted by Gasteiger charge is 2.31. The lowest BCUT2D eigenvalue weighted by molar-refractivity contribution is -0.136. The number of benzene rings is 3. The molecule has 1 unspecified atom stereocenters. The summed E-state index contributed by atoms with van der Waals surface area (Å²) in [4.78, 5) is 70.4. The maximum absolute atomic E-state index is 13.6. The van der Waals surface area contributed by atoms with E-state index in [0.717, 1.165) is 57.3 Å². The van der Waals surface area contributed by atoms with Crippen molar-refractivity contribution in [2.45, 2.75) is 79.6 Å². The van der Waals surface area contributed by atoms with E-state index in [1.807, 2.05) is 45.9 Å². The summed E-state index contributed by atoms with van der Waals surface area (Å²) < 4.78 is 9.50. The number of hydrogen-bond acceptors (Lipinski definition) is 9. The predicted molar refractivity (Wildman–Crippen MR) is 233 cm³/mol. The number of nitrogens with zero attached hydrogens (tertiary/aromatic N) is 5. The quantitative estimate of drug-likeness (QED) is 0.0685. The fourth-order valence-corrected chi connectivity index (χ4v) is 6.99. The van der Waals surface area contributed by atoms with Crippen LogP contribution in [0, 0.1) is 29.1 Å². The van der Waals surface area contributed by atoms with Crippen LogP contribution < -0.4 is 10.6 Å². The number of H-pyrrole nitrogens is 2. The molecule has 2 aromatic heterocycles. The molecule has 15 heteroatoms. The van der Waals surface area contributed by atoms with Gasteiger partial charge in [-0.1, -0.05) is 89.6 Å². The van der Waals surface area contributed by atoms with Gasteiger partial charge in [0.25, 0.3) is 0 Å². The number of fused-ring (bicyclic) bond motifs is 1. The van der Waals surface area contributed by atoms with Crippen molar-refractivity contribution >= 4 is 34.8 Å². The van der Waals surface area contributed by atoms with E-state index in [2.05, 4.69) is 86.0 Å². The molecular formula is C46H57N9O6. The molecule has 5 rings (SSSR count). The number of alkyl carbamates (subject to hydrolysis) is 2. The fourth-order valence-electron chi connectivity index (χ4n) is 6.99. The van der Waals surface area contributed by atoms with Crippen molar-refractivity contribution in [3.63, 3.8) is 0 Å². The minimum atomic E-state index is -0.831. The average molecular weight is 832 g/mol. The minimum absolute atomic E-state index is 0.129. The van der Waals surface area contributed by atoms with Gasteiger partial charge in [-0.25, -0.2) is 19.6 Å². The zero-order valence-electron chi connectivity index (χ0n) is 36.2. The van der Waals surface area contributed by atoms with Crippen molar-refractivity contribution in [1.82, 2.24) is 40.4 Å². The van der Waals surface area contributed by atoms with Gasteiger partial charge in [-0.3, -0.25) is 9.59 Å². The molecule has 5 aromatic rings. The van der Waals surface area contributed by atoms with Gasteiger partial charge in [0.2, 0.25) is 11.8 Å². The van der Waals surface area contributed by atoms with Crippen LogP contribution in [0.1, 0.15) is 66.0 Å². The van der Waals surface area contributed by atoms with E-state index < -0.39 is 30.2 Å². The third-order valence-corrected chi connectivity index (χ3v) is 10.5. The van der Waals surface area contributed by atoms with Gasteiger partial charge < -0.3 is 39.9 Å². The van der Waals surface area contributed by atoms with Crippen molar-refractivity contribution in [1.29, 1.82) is 5.26 Å². The van der Waals surface area contributed by atoms with Gasteiger partial charge in [0.05, 0.1) is 63.1 Å². The monoisotopic (exact) mass is 831 g/mol. The smallest absolute Gasteiger partial charge is 0.407 e. The Morgan fingerprint density at radius 3 is 1.66 bits per heavy atom. The maximum Gasteiger partial charge on any atom is 0.407 e. The first kappa shape index (κ1) is 45.4. The van der Waals surface area contributed by atoms with Gasteiger partial charge in [0.1, 0.15) is 23.7 Å². The van der Waals surface area contributed by atoms with Crippen LogP contribution in [0.5, 0.6) is 0 Å². The van der Waals surface area contributed by atoms with E-state index in [0.29, 0.717) is 18.2 Å². The van der Waals surface area contributed by atoms with Crippen LogP contribution in [0.25, 0.3) is 44.4 Å². The molecule has 0 saturated heterocycles. The highest BCUT2D eigenvalue weighted by atomic mass is 16.5. The van der Waals surface area contributed by atoms with Crippen LogP contribution in [0.3, 0.4) is 0 Å². The molecule has 0 aliphatic carbocycles. The number of aromatic nitrogens is 4. The van der Waals surface area contributed by atoms with Crippen molar-refractivity contribution < 1.29 is 28.7 Å². The van der Waals surface area contributed by atoms with Crippen LogP contribution in [0.15, 0.2) is 73.1 Å². The lowest BCUT2D eigenvalue weighted by atomic mass is 9.98. The molecule has 0 spiro atoms. The summed E-state index contributed by atoms with van der Waals surface area (Å²) in [7, 11) is 2.53. The van der Waals surface area contributed by atoms with Gasteiger partial charge in [-0.2, -0.15) is 5.26 Å². The summed E-state index contributed by atoms with van der Waals surface area (Å²) in [6, 6.07) is 21.3. The molecule has 3 atom stereocenters. The molecule has 15 nitrogen and oxygen atoms in total. The van der Waals surface area contributed by atoms with Gasteiger partial charge in [0, 0.05) is 18.7 Å². The summed E-state index contributed by atoms with van der Waals surface area (Å²) >= 11 is 0. The molecular weight excluding hydrogens is 775 g/mol. The van der Waals surface area contributed by atoms with E-state index in [-0.39, 0.29) is 43.3 Å². The number of imidazole rings is 2. The summed E-state index contributed by atoms with van der Waals surface area (Å²) in [5.41, 5.74) is 5.58. The number of carbonyl (C=O) groups is 4. The van der Waals surface area contributed by atoms with E-state index in [4.69, 9.17) is 9.47 Å². The van der Waals surface area contributed by atoms with Crippen LogP contribution in [-0.4, -0.2) is 93.1 Å². The molecule has 0 radical (unpaired) electrons. The third-order valence-electron chi connectivity index (χ3n) is 10.5. The molecule has 3 aromatic carbocycles. The molecule has 0 aliphatic rings. The van der Waals surface area contributed by atoms with Crippen LogP contribution in [0.4, 0.5) is 9.59 Å². The first-order valence-corrected chi connectivity index (χ1v) is 20.6. The van der Waals surface area contributed by atoms with Crippen LogP contribution in [-0.2, 0) is 32.2 Å². The number of aromatic amines is 2. The lowest BCUT2D eigenvalue weighted by Crippen LogP contribution is -2.51. The molecule has 61 heavy (non-hydrogen) atoms. The second kappa shape index (κ2) is 21.0. The molecule has 0 saturated carbocycles. The van der Waals surface area contributed by atoms with Gasteiger partial charge in [0.15, 0.2) is 0 Å². The Labute approximate surface area is 357 Å². The van der Waals surface area contributed by atoms with Crippen LogP contribution >= 0.6 is 0 Å². The average Bonchev–Trinajstić information content (AvgIpc) is 3.94. The van der Waals surface area contributed by atoms with E-state index in [9.17, 15) is 24.4 Å². The Hall–Kier alpha value is -6.69. The predicted octanol–water partition coefficient (Wildman–Crippen LogP) is 7.67. The number of amides is 4. The van der Waals surface area contributed by atoms with Gasteiger partial charge >= 0.3 is 12.2 Å². The zero-order valence-corrected chi connectivity index (χ0v) is 36.2. The minimum Gasteiger partial charge on any atom is -0.453 e. The second-order valence-electron chi connectivity index (χ2n) is 15.9. The molecule has 0 fully saturated rings. The molecule has 0 aliphatic heterocycles. The molecule has 4 amide bonds. The Kier molecular flexibility index (Phi) is 15.6. The largest absolute Gasteiger partial charge is 0.453 e. The number of ether oxygens (including phenoxy) is 2. The SMILES string of the molecule is CCCCN(Cc1ncc(-c2ccc3cc(-c4ccc(-c5cnc(CN(C[C@@H](C)C#N)C(=O)[C@@H](NC(=O)OC)C(C)C)[nH]5)cc4)ccc3c2)[nH]1)C(=O)C(NC(=O)OC)C(C)C. The normalized spacial score (nSPS) is 12.7. The van der Waals surface area contributed by atoms with E-state index in [1.54, 1.807) is 29.1 Å². The van der Waals surface area contributed by atoms with Crippen molar-refractivity contribution in [3.05, 3.63) is 84.7 Å². The lowest BCUT2D eigenvalue weighted by Gasteiger charge is -2.29. The first-order chi connectivity index (χ1) is 29.2. The van der Waals surface area contributed by atoms with Crippen molar-refractivity contribution in [3.8, 4) is 39.7 Å². The van der Waals surface area contributed by atoms with E-state index >= 15 is 0 Å². The highest BCUT2D eigenvalue weighted by Crippen LogP contribution is 2.30. The molecule has 4 N–H and O–H groups in total. The Bertz CT molecular complexity index is 2330. The van der Waals surface area contributed by atoms with Gasteiger partial charge in [-0.15, -0.1) is 0 Å². The Balaban J connectivity index is 1.28. The number of nitriles is 1. The zero-order chi connectivity index (χ0) is 44.2. The first-order valence-electron chi connectivity index (χ1n) is 20.6. The summed E-state index contributed by atoms with van der Waals surface area (Å²) in [6.45, 7) is 12.4. The Morgan fingerprint density at radius 1 is 0.689 bits per heavy atom. The second-order valence-corrected chi connectivity index (χ2v) is 15.9. The number of hydrogen-bond donors (Lipinski definition) is 4. The topological polar surface area (TPSA) is 198 Å². The molecule has 0 bridgehead atoms. The van der Waals surface area contributed by atoms with Crippen molar-refractivity contribution in [2.75, 3.05) is 27.3 Å². The van der Waals surface area contributed by atoms with Gasteiger partial charge in [-0.05, 0) is 64.8 Å². The number of carbonyl (C=O) groups excluding carboxylic acids is 4. The summed E-state index contributed by atoms with van der Waals surface area (Å²) in [5.74, 6) is -0.0788. The number of unbranched alkanes of at least 4 members (excludes halogenated alkanes) is 1. The number of nitrogens with one attached hydrogen (secondary N) is 4. The Morgan fingerprint density at radius 2 is 1.15 bits per heavy atom. The van der Waals surface area contributed by atoms with Crippen molar-refractivity contribution in [2.24, 2.45) is 17.8 Å².